The first kappa shape index (κ1) is 15.3. The molecule has 4 heteroatoms. The lowest BCUT2D eigenvalue weighted by Crippen LogP contribution is -2.45. The van der Waals surface area contributed by atoms with Gasteiger partial charge in [-0.3, -0.25) is 4.90 Å². The molecule has 1 heterocycles. The summed E-state index contributed by atoms with van der Waals surface area (Å²) in [4.78, 5) is 2.42. The van der Waals surface area contributed by atoms with E-state index in [1.54, 1.807) is 6.07 Å². The summed E-state index contributed by atoms with van der Waals surface area (Å²) in [5.41, 5.74) is 7.07. The van der Waals surface area contributed by atoms with Crippen LogP contribution in [-0.2, 0) is 0 Å². The molecule has 3 unspecified atom stereocenters. The number of nitrogens with two attached hydrogens (primary N) is 1. The van der Waals surface area contributed by atoms with E-state index in [4.69, 9.17) is 10.5 Å². The first-order chi connectivity index (χ1) is 9.52. The van der Waals surface area contributed by atoms with Crippen LogP contribution in [0.1, 0.15) is 38.3 Å². The largest absolute Gasteiger partial charge is 0.494 e. The molecule has 3 atom stereocenters. The van der Waals surface area contributed by atoms with Crippen molar-refractivity contribution in [3.63, 3.8) is 0 Å². The third-order valence-corrected chi connectivity index (χ3v) is 4.54. The second-order valence-corrected chi connectivity index (χ2v) is 5.86. The van der Waals surface area contributed by atoms with Crippen molar-refractivity contribution in [3.05, 3.63) is 29.6 Å². The van der Waals surface area contributed by atoms with E-state index in [-0.39, 0.29) is 17.6 Å². The minimum Gasteiger partial charge on any atom is -0.494 e. The molecule has 0 spiro atoms. The fourth-order valence-corrected chi connectivity index (χ4v) is 2.95. The third kappa shape index (κ3) is 3.30. The second kappa shape index (κ2) is 6.55. The normalized spacial score (nSPS) is 25.4. The molecule has 0 saturated carbocycles. The summed E-state index contributed by atoms with van der Waals surface area (Å²) >= 11 is 0. The van der Waals surface area contributed by atoms with Crippen molar-refractivity contribution in [2.24, 2.45) is 11.7 Å². The predicted octanol–water partition coefficient (Wildman–Crippen LogP) is 2.95. The van der Waals surface area contributed by atoms with Crippen LogP contribution in [0.3, 0.4) is 0 Å². The lowest BCUT2D eigenvalue weighted by atomic mass is 9.91. The van der Waals surface area contributed by atoms with Gasteiger partial charge < -0.3 is 10.5 Å². The Morgan fingerprint density at radius 2 is 2.20 bits per heavy atom. The summed E-state index contributed by atoms with van der Waals surface area (Å²) in [7, 11) is 1.47. The lowest BCUT2D eigenvalue weighted by molar-refractivity contribution is 0.107. The van der Waals surface area contributed by atoms with E-state index in [1.165, 1.54) is 26.0 Å². The SMILES string of the molecule is COc1ccc(C(N)CN2CCCC(C)C2C)cc1F. The Morgan fingerprint density at radius 3 is 2.85 bits per heavy atom. The quantitative estimate of drug-likeness (QED) is 0.921. The topological polar surface area (TPSA) is 38.5 Å². The Bertz CT molecular complexity index is 452. The molecule has 1 saturated heterocycles. The molecule has 1 aromatic rings. The van der Waals surface area contributed by atoms with Crippen molar-refractivity contribution in [3.8, 4) is 5.75 Å². The van der Waals surface area contributed by atoms with Crippen molar-refractivity contribution in [2.75, 3.05) is 20.2 Å². The number of halogens is 1. The number of methoxy groups -OCH3 is 1. The molecule has 112 valence electrons. The molecule has 1 fully saturated rings. The summed E-state index contributed by atoms with van der Waals surface area (Å²) in [5, 5.41) is 0. The van der Waals surface area contributed by atoms with E-state index >= 15 is 0 Å². The molecule has 0 bridgehead atoms. The van der Waals surface area contributed by atoms with E-state index in [0.717, 1.165) is 18.7 Å². The highest BCUT2D eigenvalue weighted by molar-refractivity contribution is 5.31. The fraction of sp³-hybridized carbons (Fsp3) is 0.625. The molecule has 2 rings (SSSR count). The van der Waals surface area contributed by atoms with Gasteiger partial charge >= 0.3 is 0 Å². The van der Waals surface area contributed by atoms with Gasteiger partial charge in [0.15, 0.2) is 11.6 Å². The highest BCUT2D eigenvalue weighted by atomic mass is 19.1. The summed E-state index contributed by atoms with van der Waals surface area (Å²) < 4.78 is 18.7. The Kier molecular flexibility index (Phi) is 5.00. The second-order valence-electron chi connectivity index (χ2n) is 5.86. The molecule has 1 aromatic carbocycles. The maximum absolute atomic E-state index is 13.7. The summed E-state index contributed by atoms with van der Waals surface area (Å²) in [6.45, 7) is 6.40. The molecule has 3 nitrogen and oxygen atoms in total. The van der Waals surface area contributed by atoms with Crippen molar-refractivity contribution in [2.45, 2.75) is 38.8 Å². The summed E-state index contributed by atoms with van der Waals surface area (Å²) in [6, 6.07) is 5.36. The highest BCUT2D eigenvalue weighted by Crippen LogP contribution is 2.26. The lowest BCUT2D eigenvalue weighted by Gasteiger charge is -2.39. The molecule has 0 amide bonds. The number of benzene rings is 1. The third-order valence-electron chi connectivity index (χ3n) is 4.54. The average molecular weight is 280 g/mol. The van der Waals surface area contributed by atoms with Crippen LogP contribution in [0.15, 0.2) is 18.2 Å². The predicted molar refractivity (Wildman–Crippen MR) is 79.3 cm³/mol. The van der Waals surface area contributed by atoms with Crippen LogP contribution in [0, 0.1) is 11.7 Å². The van der Waals surface area contributed by atoms with Gasteiger partial charge in [-0.05, 0) is 49.9 Å². The number of hydrogen-bond acceptors (Lipinski definition) is 3. The maximum atomic E-state index is 13.7. The number of hydrogen-bond donors (Lipinski definition) is 1. The van der Waals surface area contributed by atoms with Crippen LogP contribution in [0.4, 0.5) is 4.39 Å². The van der Waals surface area contributed by atoms with Gasteiger partial charge in [0.25, 0.3) is 0 Å². The van der Waals surface area contributed by atoms with Crippen LogP contribution in [-0.4, -0.2) is 31.1 Å². The summed E-state index contributed by atoms with van der Waals surface area (Å²) in [5.74, 6) is 0.616. The van der Waals surface area contributed by atoms with Crippen LogP contribution in [0.2, 0.25) is 0 Å². The van der Waals surface area contributed by atoms with Crippen LogP contribution >= 0.6 is 0 Å². The van der Waals surface area contributed by atoms with Gasteiger partial charge in [0.1, 0.15) is 0 Å². The molecule has 0 aliphatic carbocycles. The fourth-order valence-electron chi connectivity index (χ4n) is 2.95. The summed E-state index contributed by atoms with van der Waals surface area (Å²) in [6.07, 6.45) is 2.50. The van der Waals surface area contributed by atoms with Crippen LogP contribution in [0.25, 0.3) is 0 Å². The standard InChI is InChI=1S/C16H25FN2O/c1-11-5-4-8-19(12(11)2)10-15(18)13-6-7-16(20-3)14(17)9-13/h6-7,9,11-12,15H,4-5,8,10,18H2,1-3H3. The van der Waals surface area contributed by atoms with Gasteiger partial charge in [0, 0.05) is 18.6 Å². The Labute approximate surface area is 120 Å². The Balaban J connectivity index is 2.04. The zero-order chi connectivity index (χ0) is 14.7. The first-order valence-corrected chi connectivity index (χ1v) is 7.36. The molecule has 1 aliphatic rings. The minimum atomic E-state index is -0.347. The van der Waals surface area contributed by atoms with Gasteiger partial charge in [0.2, 0.25) is 0 Å². The van der Waals surface area contributed by atoms with Crippen molar-refractivity contribution in [1.29, 1.82) is 0 Å². The van der Waals surface area contributed by atoms with Gasteiger partial charge in [-0.15, -0.1) is 0 Å². The zero-order valence-electron chi connectivity index (χ0n) is 12.6. The minimum absolute atomic E-state index is 0.164. The monoisotopic (exact) mass is 280 g/mol. The number of ether oxygens (including phenoxy) is 1. The van der Waals surface area contributed by atoms with Gasteiger partial charge in [-0.2, -0.15) is 0 Å². The van der Waals surface area contributed by atoms with Crippen molar-refractivity contribution >= 4 is 0 Å². The maximum Gasteiger partial charge on any atom is 0.165 e. The van der Waals surface area contributed by atoms with E-state index in [9.17, 15) is 4.39 Å². The van der Waals surface area contributed by atoms with E-state index in [2.05, 4.69) is 18.7 Å². The molecule has 20 heavy (non-hydrogen) atoms. The van der Waals surface area contributed by atoms with Crippen molar-refractivity contribution < 1.29 is 9.13 Å². The van der Waals surface area contributed by atoms with Gasteiger partial charge in [-0.25, -0.2) is 4.39 Å². The molecule has 0 radical (unpaired) electrons. The number of piperidine rings is 1. The van der Waals surface area contributed by atoms with Gasteiger partial charge in [-0.1, -0.05) is 13.0 Å². The highest BCUT2D eigenvalue weighted by Gasteiger charge is 2.26. The zero-order valence-corrected chi connectivity index (χ0v) is 12.6. The molecule has 2 N–H and O–H groups in total. The molecule has 0 aromatic heterocycles. The average Bonchev–Trinajstić information content (AvgIpc) is 2.43. The molecular weight excluding hydrogens is 255 g/mol. The first-order valence-electron chi connectivity index (χ1n) is 7.36. The van der Waals surface area contributed by atoms with E-state index in [1.807, 2.05) is 6.07 Å². The van der Waals surface area contributed by atoms with E-state index in [0.29, 0.717) is 12.0 Å². The Hall–Kier alpha value is -1.13. The number of likely N-dealkylation sites (tertiary alicyclic amines) is 1. The number of nitrogens with zero attached hydrogens (tertiary/aromatic N) is 1. The van der Waals surface area contributed by atoms with Gasteiger partial charge in [0.05, 0.1) is 7.11 Å². The smallest absolute Gasteiger partial charge is 0.165 e. The van der Waals surface area contributed by atoms with Crippen LogP contribution in [0.5, 0.6) is 5.75 Å². The Morgan fingerprint density at radius 1 is 1.45 bits per heavy atom. The molecular formula is C16H25FN2O. The molecule has 1 aliphatic heterocycles. The van der Waals surface area contributed by atoms with E-state index < -0.39 is 0 Å². The van der Waals surface area contributed by atoms with Crippen molar-refractivity contribution in [1.82, 2.24) is 4.90 Å². The van der Waals surface area contributed by atoms with Crippen LogP contribution < -0.4 is 10.5 Å². The number of rotatable bonds is 4.